The first-order valence-electron chi connectivity index (χ1n) is 5.70. The number of hydrogen-bond acceptors (Lipinski definition) is 2. The Labute approximate surface area is 115 Å². The minimum atomic E-state index is -0.634. The second-order valence-electron chi connectivity index (χ2n) is 4.20. The van der Waals surface area contributed by atoms with Crippen molar-refractivity contribution in [3.8, 4) is 5.75 Å². The zero-order chi connectivity index (χ0) is 13.1. The number of methoxy groups -OCH3 is 1. The van der Waals surface area contributed by atoms with E-state index in [9.17, 15) is 5.11 Å². The Hall–Kier alpha value is -1.32. The minimum Gasteiger partial charge on any atom is -0.497 e. The predicted octanol–water partition coefficient (Wildman–Crippen LogP) is 3.85. The van der Waals surface area contributed by atoms with E-state index in [1.165, 1.54) is 0 Å². The van der Waals surface area contributed by atoms with Crippen LogP contribution in [0.5, 0.6) is 5.75 Å². The van der Waals surface area contributed by atoms with Gasteiger partial charge in [-0.1, -0.05) is 51.8 Å². The highest BCUT2D eigenvalue weighted by Gasteiger charge is 2.14. The molecule has 2 aromatic carbocycles. The Morgan fingerprint density at radius 3 is 2.56 bits per heavy atom. The van der Waals surface area contributed by atoms with Crippen molar-refractivity contribution in [2.24, 2.45) is 0 Å². The molecule has 0 saturated carbocycles. The summed E-state index contributed by atoms with van der Waals surface area (Å²) in [6, 6.07) is 13.4. The van der Waals surface area contributed by atoms with E-state index < -0.39 is 6.10 Å². The highest BCUT2D eigenvalue weighted by Crippen LogP contribution is 2.31. The maximum Gasteiger partial charge on any atom is 0.120 e. The standard InChI is InChI=1S/C15H15BrO2/c1-10-4-3-5-11(8-10)15(17)13-7-6-12(18-2)9-14(13)16/h3-9,15,17H,1-2H3. The fraction of sp³-hybridized carbons (Fsp3) is 0.200. The first-order valence-corrected chi connectivity index (χ1v) is 6.49. The second kappa shape index (κ2) is 5.55. The molecule has 2 aromatic rings. The number of benzene rings is 2. The van der Waals surface area contributed by atoms with Crippen molar-refractivity contribution in [3.05, 3.63) is 63.6 Å². The van der Waals surface area contributed by atoms with Gasteiger partial charge in [-0.15, -0.1) is 0 Å². The second-order valence-corrected chi connectivity index (χ2v) is 5.06. The molecule has 1 atom stereocenters. The lowest BCUT2D eigenvalue weighted by atomic mass is 10.00. The molecular weight excluding hydrogens is 292 g/mol. The number of aryl methyl sites for hydroxylation is 1. The van der Waals surface area contributed by atoms with Gasteiger partial charge >= 0.3 is 0 Å². The molecule has 0 fully saturated rings. The van der Waals surface area contributed by atoms with Crippen LogP contribution in [0.4, 0.5) is 0 Å². The number of aliphatic hydroxyl groups is 1. The fourth-order valence-electron chi connectivity index (χ4n) is 1.88. The molecule has 0 bridgehead atoms. The lowest BCUT2D eigenvalue weighted by Crippen LogP contribution is -2.01. The average Bonchev–Trinajstić information content (AvgIpc) is 2.37. The first-order chi connectivity index (χ1) is 8.61. The van der Waals surface area contributed by atoms with Crippen molar-refractivity contribution >= 4 is 15.9 Å². The van der Waals surface area contributed by atoms with Crippen LogP contribution < -0.4 is 4.74 Å². The van der Waals surface area contributed by atoms with E-state index in [0.29, 0.717) is 0 Å². The highest BCUT2D eigenvalue weighted by molar-refractivity contribution is 9.10. The summed E-state index contributed by atoms with van der Waals surface area (Å²) in [6.07, 6.45) is -0.634. The van der Waals surface area contributed by atoms with Crippen LogP contribution in [0.3, 0.4) is 0 Å². The van der Waals surface area contributed by atoms with Crippen molar-refractivity contribution in [2.45, 2.75) is 13.0 Å². The summed E-state index contributed by atoms with van der Waals surface area (Å²) in [4.78, 5) is 0. The van der Waals surface area contributed by atoms with E-state index in [4.69, 9.17) is 4.74 Å². The van der Waals surface area contributed by atoms with Gasteiger partial charge in [0.1, 0.15) is 11.9 Å². The number of halogens is 1. The zero-order valence-electron chi connectivity index (χ0n) is 10.4. The molecule has 0 heterocycles. The van der Waals surface area contributed by atoms with Gasteiger partial charge in [0, 0.05) is 4.47 Å². The topological polar surface area (TPSA) is 29.5 Å². The monoisotopic (exact) mass is 306 g/mol. The average molecular weight is 307 g/mol. The van der Waals surface area contributed by atoms with Gasteiger partial charge in [0.15, 0.2) is 0 Å². The smallest absolute Gasteiger partial charge is 0.120 e. The molecule has 2 nitrogen and oxygen atoms in total. The Morgan fingerprint density at radius 2 is 1.94 bits per heavy atom. The summed E-state index contributed by atoms with van der Waals surface area (Å²) >= 11 is 3.46. The zero-order valence-corrected chi connectivity index (χ0v) is 11.9. The molecule has 0 radical (unpaired) electrons. The molecule has 2 rings (SSSR count). The minimum absolute atomic E-state index is 0.634. The van der Waals surface area contributed by atoms with E-state index >= 15 is 0 Å². The van der Waals surface area contributed by atoms with Crippen LogP contribution in [0.25, 0.3) is 0 Å². The van der Waals surface area contributed by atoms with Crippen LogP contribution in [-0.2, 0) is 0 Å². The first kappa shape index (κ1) is 13.1. The summed E-state index contributed by atoms with van der Waals surface area (Å²) in [5.74, 6) is 0.766. The van der Waals surface area contributed by atoms with Crippen molar-refractivity contribution in [2.75, 3.05) is 7.11 Å². The molecule has 0 aliphatic carbocycles. The summed E-state index contributed by atoms with van der Waals surface area (Å²) in [5, 5.41) is 10.4. The van der Waals surface area contributed by atoms with Crippen molar-refractivity contribution in [3.63, 3.8) is 0 Å². The summed E-state index contributed by atoms with van der Waals surface area (Å²) in [6.45, 7) is 2.01. The Morgan fingerprint density at radius 1 is 1.17 bits per heavy atom. The lowest BCUT2D eigenvalue weighted by molar-refractivity contribution is 0.219. The number of aliphatic hydroxyl groups excluding tert-OH is 1. The van der Waals surface area contributed by atoms with Gasteiger partial charge in [0.05, 0.1) is 7.11 Å². The van der Waals surface area contributed by atoms with E-state index in [1.54, 1.807) is 7.11 Å². The number of hydrogen-bond donors (Lipinski definition) is 1. The van der Waals surface area contributed by atoms with Gasteiger partial charge in [-0.25, -0.2) is 0 Å². The Kier molecular flexibility index (Phi) is 4.04. The van der Waals surface area contributed by atoms with E-state index in [1.807, 2.05) is 49.4 Å². The summed E-state index contributed by atoms with van der Waals surface area (Å²) < 4.78 is 5.99. The van der Waals surface area contributed by atoms with Crippen LogP contribution in [-0.4, -0.2) is 12.2 Å². The van der Waals surface area contributed by atoms with Crippen molar-refractivity contribution in [1.29, 1.82) is 0 Å². The van der Waals surface area contributed by atoms with Gasteiger partial charge in [0.2, 0.25) is 0 Å². The maximum absolute atomic E-state index is 10.4. The molecule has 1 N–H and O–H groups in total. The quantitative estimate of drug-likeness (QED) is 0.933. The molecule has 0 spiro atoms. The van der Waals surface area contributed by atoms with Gasteiger partial charge in [-0.2, -0.15) is 0 Å². The van der Waals surface area contributed by atoms with Crippen LogP contribution in [0.1, 0.15) is 22.8 Å². The predicted molar refractivity (Wildman–Crippen MR) is 75.9 cm³/mol. The molecule has 3 heteroatoms. The van der Waals surface area contributed by atoms with Crippen LogP contribution >= 0.6 is 15.9 Å². The molecule has 0 aliphatic heterocycles. The van der Waals surface area contributed by atoms with Gasteiger partial charge in [0.25, 0.3) is 0 Å². The molecule has 0 amide bonds. The third-order valence-electron chi connectivity index (χ3n) is 2.86. The Balaban J connectivity index is 2.37. The molecule has 18 heavy (non-hydrogen) atoms. The molecule has 94 valence electrons. The fourth-order valence-corrected chi connectivity index (χ4v) is 2.45. The Bertz CT molecular complexity index is 552. The SMILES string of the molecule is COc1ccc(C(O)c2cccc(C)c2)c(Br)c1. The van der Waals surface area contributed by atoms with Crippen molar-refractivity contribution in [1.82, 2.24) is 0 Å². The lowest BCUT2D eigenvalue weighted by Gasteiger charge is -2.14. The van der Waals surface area contributed by atoms with Gasteiger partial charge in [-0.05, 0) is 30.2 Å². The van der Waals surface area contributed by atoms with Gasteiger partial charge in [-0.3, -0.25) is 0 Å². The largest absolute Gasteiger partial charge is 0.497 e. The summed E-state index contributed by atoms with van der Waals surface area (Å²) in [5.41, 5.74) is 2.86. The molecule has 0 aromatic heterocycles. The third kappa shape index (κ3) is 2.74. The molecule has 1 unspecified atom stereocenters. The van der Waals surface area contributed by atoms with E-state index in [-0.39, 0.29) is 0 Å². The van der Waals surface area contributed by atoms with E-state index in [0.717, 1.165) is 26.9 Å². The van der Waals surface area contributed by atoms with Gasteiger partial charge < -0.3 is 9.84 Å². The number of rotatable bonds is 3. The highest BCUT2D eigenvalue weighted by atomic mass is 79.9. The van der Waals surface area contributed by atoms with Crippen LogP contribution in [0.2, 0.25) is 0 Å². The van der Waals surface area contributed by atoms with Crippen molar-refractivity contribution < 1.29 is 9.84 Å². The third-order valence-corrected chi connectivity index (χ3v) is 3.55. The normalized spacial score (nSPS) is 12.2. The van der Waals surface area contributed by atoms with Crippen LogP contribution in [0.15, 0.2) is 46.9 Å². The van der Waals surface area contributed by atoms with E-state index in [2.05, 4.69) is 15.9 Å². The number of ether oxygens (including phenoxy) is 1. The van der Waals surface area contributed by atoms with Crippen LogP contribution in [0, 0.1) is 6.92 Å². The maximum atomic E-state index is 10.4. The summed E-state index contributed by atoms with van der Waals surface area (Å²) in [7, 11) is 1.62. The molecule has 0 saturated heterocycles. The molecule has 0 aliphatic rings. The molecular formula is C15H15BrO2.